The molecule has 2 rings (SSSR count). The fourth-order valence-corrected chi connectivity index (χ4v) is 8.09. The molecule has 25 nitrogen and oxygen atoms in total. The van der Waals surface area contributed by atoms with E-state index in [9.17, 15) is 47.9 Å². The van der Waals surface area contributed by atoms with Crippen LogP contribution in [0.5, 0.6) is 0 Å². The third kappa shape index (κ3) is 31.4. The second-order valence-corrected chi connectivity index (χ2v) is 21.1. The average molecular weight is 1160 g/mol. The lowest BCUT2D eigenvalue weighted by Crippen LogP contribution is -2.60. The topological polar surface area (TPSA) is 345 Å². The van der Waals surface area contributed by atoms with E-state index in [1.165, 1.54) is 33.3 Å². The lowest BCUT2D eigenvalue weighted by Gasteiger charge is -2.27. The highest BCUT2D eigenvalue weighted by atomic mass is 32.1. The van der Waals surface area contributed by atoms with E-state index in [4.69, 9.17) is 18.9 Å². The van der Waals surface area contributed by atoms with E-state index in [-0.39, 0.29) is 106 Å². The van der Waals surface area contributed by atoms with Crippen LogP contribution in [0.4, 0.5) is 0 Å². The fourth-order valence-electron chi connectivity index (χ4n) is 7.83. The van der Waals surface area contributed by atoms with Crippen molar-refractivity contribution in [2.75, 3.05) is 71.7 Å². The minimum atomic E-state index is -1.30. The molecule has 7 atom stereocenters. The van der Waals surface area contributed by atoms with Crippen LogP contribution in [0.1, 0.15) is 99.3 Å². The molecule has 454 valence electrons. The van der Waals surface area contributed by atoms with Gasteiger partial charge in [0.15, 0.2) is 5.78 Å². The second kappa shape index (κ2) is 39.8. The van der Waals surface area contributed by atoms with Crippen LogP contribution in [0.2, 0.25) is 0 Å². The quantitative estimate of drug-likeness (QED) is 0.0307. The molecule has 2 aromatic rings. The van der Waals surface area contributed by atoms with Gasteiger partial charge < -0.3 is 71.8 Å². The van der Waals surface area contributed by atoms with Crippen LogP contribution >= 0.6 is 12.6 Å². The zero-order valence-corrected chi connectivity index (χ0v) is 49.3. The van der Waals surface area contributed by atoms with Crippen molar-refractivity contribution in [2.45, 2.75) is 143 Å². The molecule has 10 N–H and O–H groups in total. The molecule has 0 radical (unpaired) electrons. The third-order valence-corrected chi connectivity index (χ3v) is 12.3. The summed E-state index contributed by atoms with van der Waals surface area (Å²) in [7, 11) is 0. The molecule has 0 spiro atoms. The maximum absolute atomic E-state index is 14.4. The highest BCUT2D eigenvalue weighted by Crippen LogP contribution is 2.12. The lowest BCUT2D eigenvalue weighted by molar-refractivity contribution is -0.135. The van der Waals surface area contributed by atoms with Gasteiger partial charge in [-0.15, -0.1) is 0 Å². The summed E-state index contributed by atoms with van der Waals surface area (Å²) in [6.45, 7) is 17.3. The van der Waals surface area contributed by atoms with Crippen molar-refractivity contribution >= 4 is 71.6 Å². The molecule has 1 aromatic heterocycles. The number of ketones is 1. The van der Waals surface area contributed by atoms with E-state index in [0.29, 0.717) is 44.1 Å². The Labute approximate surface area is 481 Å². The number of carbonyl (C=O) groups excluding carboxylic acids is 10. The van der Waals surface area contributed by atoms with Gasteiger partial charge >= 0.3 is 0 Å². The summed E-state index contributed by atoms with van der Waals surface area (Å²) < 4.78 is 21.8. The number of H-pyrrole nitrogens is 1. The maximum atomic E-state index is 14.4. The van der Waals surface area contributed by atoms with Gasteiger partial charge in [0.1, 0.15) is 36.3 Å². The SMILES string of the molecule is CC(=O)N[C@@H](CS)C(=O)NCCOCCOCCOCCOCCC(=O)NCC(=O)N[C@@H](CC(C)C)C(=O)N[C@@H](Cc1ccccc1)C(=O)N[C@@H](Cc1cnc[nH]1)C(=O)N[C@@H](C)C(=O)N[C@@H](CC(C)C)C(=O)N[C@@H](CC(C)C)C(C)=O. The van der Waals surface area contributed by atoms with Crippen LogP contribution in [0.3, 0.4) is 0 Å². The Morgan fingerprint density at radius 3 is 1.51 bits per heavy atom. The van der Waals surface area contributed by atoms with Crippen molar-refractivity contribution in [3.05, 3.63) is 54.1 Å². The van der Waals surface area contributed by atoms with Gasteiger partial charge in [-0.25, -0.2) is 4.98 Å². The zero-order valence-electron chi connectivity index (χ0n) is 48.4. The van der Waals surface area contributed by atoms with Crippen molar-refractivity contribution < 1.29 is 66.9 Å². The number of hydrogen-bond donors (Lipinski definition) is 11. The minimum absolute atomic E-state index is 0.0120. The Balaban J connectivity index is 1.96. The van der Waals surface area contributed by atoms with Gasteiger partial charge in [0, 0.05) is 50.4 Å². The van der Waals surface area contributed by atoms with Crippen molar-refractivity contribution in [3.8, 4) is 0 Å². The third-order valence-electron chi connectivity index (χ3n) is 12.0. The number of rotatable bonds is 42. The molecule has 9 amide bonds. The predicted octanol–water partition coefficient (Wildman–Crippen LogP) is -0.0257. The largest absolute Gasteiger partial charge is 0.379 e. The first-order valence-electron chi connectivity index (χ1n) is 27.5. The molecule has 0 aliphatic heterocycles. The lowest BCUT2D eigenvalue weighted by atomic mass is 9.98. The Kier molecular flexibility index (Phi) is 34.7. The smallest absolute Gasteiger partial charge is 0.243 e. The summed E-state index contributed by atoms with van der Waals surface area (Å²) in [6.07, 6.45) is 3.55. The van der Waals surface area contributed by atoms with E-state index in [1.807, 2.05) is 41.5 Å². The van der Waals surface area contributed by atoms with Crippen LogP contribution in [-0.4, -0.2) is 183 Å². The number of ether oxygens (including phenoxy) is 4. The van der Waals surface area contributed by atoms with E-state index in [2.05, 4.69) is 70.4 Å². The normalized spacial score (nSPS) is 13.8. The molecule has 0 aliphatic carbocycles. The van der Waals surface area contributed by atoms with E-state index in [0.717, 1.165) is 0 Å². The summed E-state index contributed by atoms with van der Waals surface area (Å²) >= 11 is 4.07. The monoisotopic (exact) mass is 1160 g/mol. The van der Waals surface area contributed by atoms with Crippen molar-refractivity contribution in [2.24, 2.45) is 17.8 Å². The minimum Gasteiger partial charge on any atom is -0.379 e. The summed E-state index contributed by atoms with van der Waals surface area (Å²) in [5.74, 6) is -5.24. The Hall–Kier alpha value is -6.48. The van der Waals surface area contributed by atoms with Crippen LogP contribution in [0, 0.1) is 17.8 Å². The van der Waals surface area contributed by atoms with Crippen LogP contribution in [0.25, 0.3) is 0 Å². The summed E-state index contributed by atoms with van der Waals surface area (Å²) in [6, 6.07) is 1.48. The summed E-state index contributed by atoms with van der Waals surface area (Å²) in [4.78, 5) is 138. The van der Waals surface area contributed by atoms with Gasteiger partial charge in [-0.2, -0.15) is 12.6 Å². The molecule has 1 aromatic carbocycles. The van der Waals surface area contributed by atoms with Crippen LogP contribution in [0.15, 0.2) is 42.9 Å². The highest BCUT2D eigenvalue weighted by Gasteiger charge is 2.33. The Morgan fingerprint density at radius 2 is 0.988 bits per heavy atom. The number of Topliss-reactive ketones (excluding diaryl/α,β-unsaturated/α-hetero) is 1. The van der Waals surface area contributed by atoms with Crippen LogP contribution in [-0.2, 0) is 79.7 Å². The number of hydrogen-bond acceptors (Lipinski definition) is 16. The molecule has 0 fully saturated rings. The van der Waals surface area contributed by atoms with Gasteiger partial charge in [-0.1, -0.05) is 71.9 Å². The Morgan fingerprint density at radius 1 is 0.506 bits per heavy atom. The summed E-state index contributed by atoms with van der Waals surface area (Å²) in [5, 5.41) is 24.0. The standard InChI is InChI=1S/C55H89N11O14S/c1-34(2)25-42(38(8)67)63-54(75)44(27-36(5)6)64-50(71)37(7)60-52(73)46(29-41-30-56-33-59-41)66-55(76)45(28-40-13-11-10-12-14-40)65-53(74)43(26-35(3)4)62-49(70)31-58-48(69)15-17-77-19-21-79-23-24-80-22-20-78-18-16-57-51(72)47(32-81)61-39(9)68/h10-14,30,33-37,42-47,81H,15-29,31-32H2,1-9H3,(H,56,59)(H,57,72)(H,58,69)(H,60,73)(H,61,68)(H,62,70)(H,63,75)(H,64,71)(H,65,74)(H,66,76)/t37-,42-,43-,44-,45-,46-,47-/m0/s1. The maximum Gasteiger partial charge on any atom is 0.243 e. The number of benzene rings is 1. The fraction of sp³-hybridized carbons (Fsp3) is 0.655. The molecule has 81 heavy (non-hydrogen) atoms. The molecule has 0 aliphatic rings. The highest BCUT2D eigenvalue weighted by molar-refractivity contribution is 7.80. The molecule has 0 bridgehead atoms. The number of thiol groups is 1. The number of imidazole rings is 1. The van der Waals surface area contributed by atoms with Gasteiger partial charge in [0.05, 0.1) is 71.8 Å². The molecular weight excluding hydrogens is 1070 g/mol. The number of aromatic amines is 1. The van der Waals surface area contributed by atoms with Crippen molar-refractivity contribution in [3.63, 3.8) is 0 Å². The predicted molar refractivity (Wildman–Crippen MR) is 304 cm³/mol. The Bertz CT molecular complexity index is 2260. The van der Waals surface area contributed by atoms with E-state index >= 15 is 0 Å². The molecule has 26 heteroatoms. The number of nitrogens with zero attached hydrogens (tertiary/aromatic N) is 1. The molecular formula is C55H89N11O14S. The van der Waals surface area contributed by atoms with Gasteiger partial charge in [-0.05, 0) is 56.4 Å². The molecule has 0 unspecified atom stereocenters. The van der Waals surface area contributed by atoms with Crippen molar-refractivity contribution in [1.29, 1.82) is 0 Å². The van der Waals surface area contributed by atoms with Gasteiger partial charge in [-0.3, -0.25) is 47.9 Å². The molecule has 0 saturated carbocycles. The van der Waals surface area contributed by atoms with Crippen molar-refractivity contribution in [1.82, 2.24) is 57.8 Å². The van der Waals surface area contributed by atoms with E-state index in [1.54, 1.807) is 30.3 Å². The first-order valence-corrected chi connectivity index (χ1v) is 28.2. The number of aromatic nitrogens is 2. The summed E-state index contributed by atoms with van der Waals surface area (Å²) in [5.41, 5.74) is 1.14. The number of nitrogens with one attached hydrogen (secondary N) is 10. The number of carbonyl (C=O) groups is 10. The first kappa shape index (κ1) is 70.6. The number of amides is 9. The van der Waals surface area contributed by atoms with Gasteiger partial charge in [0.2, 0.25) is 53.2 Å². The van der Waals surface area contributed by atoms with E-state index < -0.39 is 90.2 Å². The first-order chi connectivity index (χ1) is 38.5. The second-order valence-electron chi connectivity index (χ2n) is 20.8. The van der Waals surface area contributed by atoms with Crippen LogP contribution < -0.4 is 47.9 Å². The zero-order chi connectivity index (χ0) is 60.3. The van der Waals surface area contributed by atoms with Gasteiger partial charge in [0.25, 0.3) is 0 Å². The molecule has 1 heterocycles. The molecule has 0 saturated heterocycles. The average Bonchev–Trinajstić information content (AvgIpc) is 3.93.